The third-order valence-corrected chi connectivity index (χ3v) is 2.59. The Balaban J connectivity index is 0. The third kappa shape index (κ3) is 11.0. The van der Waals surface area contributed by atoms with Crippen LogP contribution in [0.1, 0.15) is 39.0 Å². The van der Waals surface area contributed by atoms with E-state index in [9.17, 15) is 19.2 Å². The number of unbranched alkanes of at least 4 members (excludes halogenated alkanes) is 1. The molecule has 0 aliphatic rings. The Hall–Kier alpha value is -0.816. The molecule has 0 rings (SSSR count). The van der Waals surface area contributed by atoms with E-state index >= 15 is 0 Å². The third-order valence-electron chi connectivity index (χ3n) is 2.59. The van der Waals surface area contributed by atoms with Crippen LogP contribution in [0.2, 0.25) is 0 Å². The summed E-state index contributed by atoms with van der Waals surface area (Å²) in [5, 5.41) is 2.16. The van der Waals surface area contributed by atoms with Gasteiger partial charge in [-0.3, -0.25) is 14.4 Å². The second kappa shape index (κ2) is 12.0. The molecule has 0 spiro atoms. The molecule has 3 amide bonds. The fourth-order valence-electron chi connectivity index (χ4n) is 1.61. The van der Waals surface area contributed by atoms with Gasteiger partial charge in [0.05, 0.1) is 18.9 Å². The minimum Gasteiger partial charge on any atom is -0.666 e. The molecule has 4 N–H and O–H groups in total. The summed E-state index contributed by atoms with van der Waals surface area (Å²) in [5.41, 5.74) is 11.7. The molecule has 0 bridgehead atoms. The minimum atomic E-state index is -0.930. The molecule has 0 aromatic heterocycles. The number of carbonyl (C=O) groups excluding carboxylic acids is 4. The molecule has 0 fully saturated rings. The average molecular weight is 359 g/mol. The molecule has 8 heteroatoms. The smallest absolute Gasteiger partial charge is 0.227 e. The van der Waals surface area contributed by atoms with E-state index in [1.54, 1.807) is 0 Å². The first kappa shape index (κ1) is 21.5. The fraction of sp³-hybridized carbons (Fsp3) is 0.667. The molecule has 0 aliphatic carbocycles. The van der Waals surface area contributed by atoms with Crippen molar-refractivity contribution in [2.75, 3.05) is 6.54 Å². The van der Waals surface area contributed by atoms with Crippen molar-refractivity contribution in [2.45, 2.75) is 39.0 Å². The predicted molar refractivity (Wildman–Crippen MR) is 68.8 cm³/mol. The fourth-order valence-corrected chi connectivity index (χ4v) is 1.61. The number of nitrogens with two attached hydrogens (primary N) is 1. The van der Waals surface area contributed by atoms with E-state index in [-0.39, 0.29) is 44.9 Å². The summed E-state index contributed by atoms with van der Waals surface area (Å²) in [6, 6.07) is 0. The largest absolute Gasteiger partial charge is 0.666 e. The zero-order valence-electron chi connectivity index (χ0n) is 11.6. The van der Waals surface area contributed by atoms with Crippen molar-refractivity contribution < 1.29 is 51.9 Å². The van der Waals surface area contributed by atoms with Crippen molar-refractivity contribution in [3.63, 3.8) is 0 Å². The number of hydrogen-bond donors (Lipinski definition) is 2. The Morgan fingerprint density at radius 1 is 1.25 bits per heavy atom. The summed E-state index contributed by atoms with van der Waals surface area (Å²) in [6.45, 7) is 1.54. The number of nitrogens with one attached hydrogen (secondary N) is 2. The Kier molecular flexibility index (Phi) is 12.9. The molecule has 1 unspecified atom stereocenters. The number of hydrogen-bond acceptors (Lipinski definition) is 4. The summed E-state index contributed by atoms with van der Waals surface area (Å²) in [4.78, 5) is 44.4. The van der Waals surface area contributed by atoms with Gasteiger partial charge in [0.2, 0.25) is 11.8 Å². The molecule has 20 heavy (non-hydrogen) atoms. The van der Waals surface area contributed by atoms with Gasteiger partial charge in [0.25, 0.3) is 0 Å². The molecule has 0 aromatic rings. The molecule has 111 valence electrons. The van der Waals surface area contributed by atoms with Gasteiger partial charge in [0, 0.05) is 45.0 Å². The number of Topliss-reactive ketones (excluding diaryl/α,β-unsaturated/α-hetero) is 1. The van der Waals surface area contributed by atoms with Crippen LogP contribution in [-0.2, 0) is 51.9 Å². The standard InChI is InChI=1S/C12H21N3O4.Y/c1-2-3-4-8(5-10(13)17)9(16)6-12(19)15-7-11(14)18;/h8H,2-7H2,1H3,(H5,13,14,15,17,18,19);/p-1. The molecule has 0 heterocycles. The molecule has 0 aromatic carbocycles. The van der Waals surface area contributed by atoms with Gasteiger partial charge in [-0.1, -0.05) is 19.8 Å². The van der Waals surface area contributed by atoms with E-state index in [0.29, 0.717) is 6.42 Å². The van der Waals surface area contributed by atoms with Gasteiger partial charge in [-0.15, -0.1) is 0 Å². The van der Waals surface area contributed by atoms with Gasteiger partial charge < -0.3 is 21.6 Å². The Morgan fingerprint density at radius 3 is 2.30 bits per heavy atom. The van der Waals surface area contributed by atoms with Crippen LogP contribution in [0.15, 0.2) is 0 Å². The van der Waals surface area contributed by atoms with Crippen LogP contribution in [-0.4, -0.2) is 30.0 Å². The predicted octanol–water partition coefficient (Wildman–Crippen LogP) is 0.320. The first-order valence-electron chi connectivity index (χ1n) is 6.19. The van der Waals surface area contributed by atoms with E-state index < -0.39 is 36.6 Å². The zero-order valence-corrected chi connectivity index (χ0v) is 14.4. The maximum absolute atomic E-state index is 11.8. The molecule has 0 saturated heterocycles. The van der Waals surface area contributed by atoms with Crippen LogP contribution in [0.25, 0.3) is 5.73 Å². The normalized spacial score (nSPS) is 11.1. The van der Waals surface area contributed by atoms with Crippen LogP contribution in [0.4, 0.5) is 0 Å². The van der Waals surface area contributed by atoms with Gasteiger partial charge in [0.1, 0.15) is 5.78 Å². The van der Waals surface area contributed by atoms with E-state index in [1.165, 1.54) is 0 Å². The SMILES string of the molecule is CCCCC(CC(N)=O)C(=O)CC(=O)NCC([NH-])=O.[Y]. The monoisotopic (exact) mass is 359 g/mol. The zero-order chi connectivity index (χ0) is 14.8. The number of amides is 3. The summed E-state index contributed by atoms with van der Waals surface area (Å²) in [5.74, 6) is -3.02. The van der Waals surface area contributed by atoms with E-state index in [1.807, 2.05) is 6.92 Å². The summed E-state index contributed by atoms with van der Waals surface area (Å²) >= 11 is 0. The van der Waals surface area contributed by atoms with Crippen LogP contribution >= 0.6 is 0 Å². The number of rotatable bonds is 10. The molecular formula is C12H20N3O4Y-. The van der Waals surface area contributed by atoms with Crippen LogP contribution in [0.5, 0.6) is 0 Å². The number of primary amides is 1. The summed E-state index contributed by atoms with van der Waals surface area (Å²) in [7, 11) is 0. The first-order chi connectivity index (χ1) is 8.86. The van der Waals surface area contributed by atoms with Crippen molar-refractivity contribution in [1.29, 1.82) is 0 Å². The molecule has 0 saturated carbocycles. The maximum atomic E-state index is 11.8. The van der Waals surface area contributed by atoms with Crippen LogP contribution < -0.4 is 11.1 Å². The Bertz CT molecular complexity index is 361. The number of ketones is 1. The Labute approximate surface area is 143 Å². The van der Waals surface area contributed by atoms with E-state index in [2.05, 4.69) is 5.32 Å². The summed E-state index contributed by atoms with van der Waals surface area (Å²) < 4.78 is 0. The van der Waals surface area contributed by atoms with Crippen molar-refractivity contribution in [1.82, 2.24) is 5.32 Å². The molecule has 7 nitrogen and oxygen atoms in total. The van der Waals surface area contributed by atoms with Gasteiger partial charge in [-0.25, -0.2) is 0 Å². The second-order valence-corrected chi connectivity index (χ2v) is 4.35. The topological polar surface area (TPSA) is 130 Å². The maximum Gasteiger partial charge on any atom is 0.227 e. The molecule has 0 aliphatic heterocycles. The van der Waals surface area contributed by atoms with Crippen molar-refractivity contribution in [3.05, 3.63) is 5.73 Å². The first-order valence-corrected chi connectivity index (χ1v) is 6.19. The number of carbonyl (C=O) groups is 4. The van der Waals surface area contributed by atoms with Crippen molar-refractivity contribution in [3.8, 4) is 0 Å². The van der Waals surface area contributed by atoms with E-state index in [0.717, 1.165) is 12.8 Å². The minimum absolute atomic E-state index is 0. The van der Waals surface area contributed by atoms with Gasteiger partial charge in [0.15, 0.2) is 0 Å². The second-order valence-electron chi connectivity index (χ2n) is 4.35. The molecule has 1 atom stereocenters. The van der Waals surface area contributed by atoms with Crippen molar-refractivity contribution >= 4 is 23.5 Å². The van der Waals surface area contributed by atoms with Gasteiger partial charge in [-0.05, 0) is 6.42 Å². The van der Waals surface area contributed by atoms with Crippen molar-refractivity contribution in [2.24, 2.45) is 11.7 Å². The van der Waals surface area contributed by atoms with Crippen LogP contribution in [0, 0.1) is 5.92 Å². The summed E-state index contributed by atoms with van der Waals surface area (Å²) in [6.07, 6.45) is 1.71. The van der Waals surface area contributed by atoms with Crippen LogP contribution in [0.3, 0.4) is 0 Å². The van der Waals surface area contributed by atoms with Gasteiger partial charge in [-0.2, -0.15) is 0 Å². The van der Waals surface area contributed by atoms with E-state index in [4.69, 9.17) is 11.5 Å². The quantitative estimate of drug-likeness (QED) is 0.544. The average Bonchev–Trinajstić information content (AvgIpc) is 2.31. The molecule has 1 radical (unpaired) electrons. The van der Waals surface area contributed by atoms with Gasteiger partial charge >= 0.3 is 0 Å². The Morgan fingerprint density at radius 2 is 1.85 bits per heavy atom. The molecular weight excluding hydrogens is 339 g/mol.